The molecule has 0 unspecified atom stereocenters. The second kappa shape index (κ2) is 8.69. The Bertz CT molecular complexity index is 609. The van der Waals surface area contributed by atoms with Crippen LogP contribution >= 0.6 is 11.8 Å². The highest BCUT2D eigenvalue weighted by Gasteiger charge is 2.21. The average Bonchev–Trinajstić information content (AvgIpc) is 2.79. The van der Waals surface area contributed by atoms with Crippen molar-refractivity contribution in [2.75, 3.05) is 12.3 Å². The van der Waals surface area contributed by atoms with Gasteiger partial charge in [0.2, 0.25) is 11.8 Å². The Labute approximate surface area is 153 Å². The third-order valence-electron chi connectivity index (χ3n) is 3.96. The fourth-order valence-corrected chi connectivity index (χ4v) is 3.64. The first-order valence-corrected chi connectivity index (χ1v) is 9.92. The summed E-state index contributed by atoms with van der Waals surface area (Å²) in [5.41, 5.74) is -0.242. The molecule has 2 heterocycles. The van der Waals surface area contributed by atoms with Crippen molar-refractivity contribution >= 4 is 23.6 Å². The van der Waals surface area contributed by atoms with Gasteiger partial charge in [0.05, 0.1) is 12.3 Å². The summed E-state index contributed by atoms with van der Waals surface area (Å²) in [5.74, 6) is 1.27. The molecule has 1 fully saturated rings. The highest BCUT2D eigenvalue weighted by molar-refractivity contribution is 7.99. The molecule has 0 bridgehead atoms. The molecule has 1 aliphatic heterocycles. The molecule has 0 saturated carbocycles. The van der Waals surface area contributed by atoms with Gasteiger partial charge in [-0.15, -0.1) is 10.2 Å². The number of aromatic nitrogens is 3. The van der Waals surface area contributed by atoms with Crippen molar-refractivity contribution in [1.29, 1.82) is 0 Å². The maximum absolute atomic E-state index is 12.2. The number of amides is 2. The molecule has 1 aromatic heterocycles. The van der Waals surface area contributed by atoms with Crippen LogP contribution in [0.25, 0.3) is 0 Å². The first-order valence-electron chi connectivity index (χ1n) is 8.94. The molecular weight excluding hydrogens is 338 g/mol. The van der Waals surface area contributed by atoms with Crippen molar-refractivity contribution in [1.82, 2.24) is 25.0 Å². The number of nitrogens with zero attached hydrogens (tertiary/aromatic N) is 4. The third-order valence-corrected chi connectivity index (χ3v) is 4.93. The molecule has 0 atom stereocenters. The van der Waals surface area contributed by atoms with E-state index in [0.717, 1.165) is 36.8 Å². The molecule has 8 heteroatoms. The number of nitrogens with one attached hydrogen (secondary N) is 1. The van der Waals surface area contributed by atoms with E-state index in [9.17, 15) is 9.59 Å². The average molecular weight is 368 g/mol. The van der Waals surface area contributed by atoms with E-state index in [0.29, 0.717) is 25.3 Å². The van der Waals surface area contributed by atoms with Crippen LogP contribution < -0.4 is 5.32 Å². The lowest BCUT2D eigenvalue weighted by molar-refractivity contribution is -0.131. The van der Waals surface area contributed by atoms with E-state index in [1.807, 2.05) is 37.2 Å². The van der Waals surface area contributed by atoms with E-state index in [4.69, 9.17) is 0 Å². The van der Waals surface area contributed by atoms with Gasteiger partial charge in [-0.1, -0.05) is 18.2 Å². The van der Waals surface area contributed by atoms with Crippen LogP contribution in [0.1, 0.15) is 59.2 Å². The van der Waals surface area contributed by atoms with Gasteiger partial charge < -0.3 is 14.8 Å². The highest BCUT2D eigenvalue weighted by Crippen LogP contribution is 2.19. The molecule has 1 aromatic rings. The quantitative estimate of drug-likeness (QED) is 0.780. The summed E-state index contributed by atoms with van der Waals surface area (Å²) in [6.45, 7) is 9.89. The standard InChI is InChI=1S/C17H29N5O2S/c1-5-22-13(11-21-10-8-6-7-9-15(21)24)19-20-16(22)25-12-14(23)18-17(2,3)4/h5-12H2,1-4H3,(H,18,23). The van der Waals surface area contributed by atoms with Crippen LogP contribution in [0.3, 0.4) is 0 Å². The maximum atomic E-state index is 12.2. The summed E-state index contributed by atoms with van der Waals surface area (Å²) in [6.07, 6.45) is 3.74. The molecular formula is C17H29N5O2S. The molecule has 0 spiro atoms. The molecule has 7 nitrogen and oxygen atoms in total. The molecule has 0 aliphatic carbocycles. The largest absolute Gasteiger partial charge is 0.351 e. The van der Waals surface area contributed by atoms with Crippen molar-refractivity contribution in [3.05, 3.63) is 5.82 Å². The lowest BCUT2D eigenvalue weighted by Gasteiger charge is -2.21. The summed E-state index contributed by atoms with van der Waals surface area (Å²) in [5, 5.41) is 12.2. The van der Waals surface area contributed by atoms with Crippen LogP contribution in [0.2, 0.25) is 0 Å². The highest BCUT2D eigenvalue weighted by atomic mass is 32.2. The van der Waals surface area contributed by atoms with Gasteiger partial charge in [0.15, 0.2) is 11.0 Å². The molecule has 1 N–H and O–H groups in total. The van der Waals surface area contributed by atoms with Gasteiger partial charge in [0.1, 0.15) is 0 Å². The minimum Gasteiger partial charge on any atom is -0.351 e. The molecule has 1 aliphatic rings. The number of carbonyl (C=O) groups excluding carboxylic acids is 2. The van der Waals surface area contributed by atoms with Gasteiger partial charge in [-0.2, -0.15) is 0 Å². The SMILES string of the molecule is CCn1c(CN2CCCCCC2=O)nnc1SCC(=O)NC(C)(C)C. The molecule has 2 amide bonds. The van der Waals surface area contributed by atoms with Crippen LogP contribution in [0.15, 0.2) is 5.16 Å². The van der Waals surface area contributed by atoms with E-state index in [1.165, 1.54) is 11.8 Å². The fourth-order valence-electron chi connectivity index (χ4n) is 2.82. The number of hydrogen-bond acceptors (Lipinski definition) is 5. The first-order chi connectivity index (χ1) is 11.8. The monoisotopic (exact) mass is 367 g/mol. The van der Waals surface area contributed by atoms with Gasteiger partial charge in [-0.05, 0) is 40.5 Å². The second-order valence-electron chi connectivity index (χ2n) is 7.36. The second-order valence-corrected chi connectivity index (χ2v) is 8.30. The summed E-state index contributed by atoms with van der Waals surface area (Å²) < 4.78 is 1.99. The Morgan fingerprint density at radius 3 is 2.68 bits per heavy atom. The number of carbonyl (C=O) groups is 2. The predicted molar refractivity (Wildman–Crippen MR) is 98.2 cm³/mol. The Balaban J connectivity index is 2.00. The van der Waals surface area contributed by atoms with Crippen LogP contribution in [0, 0.1) is 0 Å². The number of rotatable bonds is 6. The molecule has 2 rings (SSSR count). The van der Waals surface area contributed by atoms with Crippen LogP contribution in [0.4, 0.5) is 0 Å². The zero-order valence-corrected chi connectivity index (χ0v) is 16.5. The normalized spacial score (nSPS) is 16.0. The van der Waals surface area contributed by atoms with E-state index in [1.54, 1.807) is 0 Å². The number of likely N-dealkylation sites (tertiary alicyclic amines) is 1. The van der Waals surface area contributed by atoms with Crippen molar-refractivity contribution in [3.63, 3.8) is 0 Å². The summed E-state index contributed by atoms with van der Waals surface area (Å²) in [4.78, 5) is 26.1. The topological polar surface area (TPSA) is 80.1 Å². The molecule has 1 saturated heterocycles. The van der Waals surface area contributed by atoms with Crippen molar-refractivity contribution in [3.8, 4) is 0 Å². The van der Waals surface area contributed by atoms with Gasteiger partial charge in [-0.25, -0.2) is 0 Å². The minimum atomic E-state index is -0.242. The lowest BCUT2D eigenvalue weighted by atomic mass is 10.1. The Hall–Kier alpha value is -1.57. The predicted octanol–water partition coefficient (Wildman–Crippen LogP) is 2.21. The first kappa shape index (κ1) is 19.8. The Morgan fingerprint density at radius 2 is 2.00 bits per heavy atom. The molecule has 140 valence electrons. The number of hydrogen-bond donors (Lipinski definition) is 1. The summed E-state index contributed by atoms with van der Waals surface area (Å²) >= 11 is 1.38. The van der Waals surface area contributed by atoms with E-state index < -0.39 is 0 Å². The van der Waals surface area contributed by atoms with E-state index in [2.05, 4.69) is 15.5 Å². The van der Waals surface area contributed by atoms with Crippen LogP contribution in [-0.4, -0.2) is 49.3 Å². The summed E-state index contributed by atoms with van der Waals surface area (Å²) in [6, 6.07) is 0. The maximum Gasteiger partial charge on any atom is 0.230 e. The zero-order chi connectivity index (χ0) is 18.4. The van der Waals surface area contributed by atoms with Gasteiger partial charge in [0.25, 0.3) is 0 Å². The Morgan fingerprint density at radius 1 is 1.24 bits per heavy atom. The third kappa shape index (κ3) is 6.02. The zero-order valence-electron chi connectivity index (χ0n) is 15.7. The van der Waals surface area contributed by atoms with Crippen LogP contribution in [-0.2, 0) is 22.7 Å². The van der Waals surface area contributed by atoms with E-state index in [-0.39, 0.29) is 17.4 Å². The lowest BCUT2D eigenvalue weighted by Crippen LogP contribution is -2.41. The summed E-state index contributed by atoms with van der Waals surface area (Å²) in [7, 11) is 0. The van der Waals surface area contributed by atoms with Gasteiger partial charge in [0, 0.05) is 25.0 Å². The Kier molecular flexibility index (Phi) is 6.87. The minimum absolute atomic E-state index is 0.0209. The smallest absolute Gasteiger partial charge is 0.230 e. The molecule has 0 aromatic carbocycles. The fraction of sp³-hybridized carbons (Fsp3) is 0.765. The van der Waals surface area contributed by atoms with Crippen LogP contribution in [0.5, 0.6) is 0 Å². The van der Waals surface area contributed by atoms with E-state index >= 15 is 0 Å². The van der Waals surface area contributed by atoms with Crippen molar-refractivity contribution < 1.29 is 9.59 Å². The molecule has 0 radical (unpaired) electrons. The molecule has 25 heavy (non-hydrogen) atoms. The van der Waals surface area contributed by atoms with Gasteiger partial charge in [-0.3, -0.25) is 9.59 Å². The number of thioether (sulfide) groups is 1. The van der Waals surface area contributed by atoms with Gasteiger partial charge >= 0.3 is 0 Å². The van der Waals surface area contributed by atoms with Crippen molar-refractivity contribution in [2.24, 2.45) is 0 Å². The van der Waals surface area contributed by atoms with Crippen molar-refractivity contribution in [2.45, 2.75) is 77.2 Å².